The van der Waals surface area contributed by atoms with Gasteiger partial charge in [-0.1, -0.05) is 12.1 Å². The van der Waals surface area contributed by atoms with Crippen molar-refractivity contribution in [3.63, 3.8) is 0 Å². The van der Waals surface area contributed by atoms with Crippen molar-refractivity contribution in [2.45, 2.75) is 6.42 Å². The maximum atomic E-state index is 12.4. The summed E-state index contributed by atoms with van der Waals surface area (Å²) in [5.74, 6) is 0.303. The van der Waals surface area contributed by atoms with Gasteiger partial charge in [0.15, 0.2) is 5.69 Å². The van der Waals surface area contributed by atoms with E-state index < -0.39 is 5.91 Å². The lowest BCUT2D eigenvalue weighted by Gasteiger charge is -2.08. The second kappa shape index (κ2) is 5.85. The number of hydrogen-bond donors (Lipinski definition) is 1. The highest BCUT2D eigenvalue weighted by Gasteiger charge is 2.15. The topological polar surface area (TPSA) is 77.1 Å². The lowest BCUT2D eigenvalue weighted by atomic mass is 10.2. The molecule has 3 aromatic rings. The van der Waals surface area contributed by atoms with Crippen molar-refractivity contribution in [3.8, 4) is 0 Å². The maximum Gasteiger partial charge on any atom is 0.275 e. The molecule has 3 rings (SSSR count). The van der Waals surface area contributed by atoms with Gasteiger partial charge < -0.3 is 9.73 Å². The predicted octanol–water partition coefficient (Wildman–Crippen LogP) is 1.50. The van der Waals surface area contributed by atoms with E-state index in [2.05, 4.69) is 10.4 Å². The molecule has 0 saturated heterocycles. The molecule has 6 nitrogen and oxygen atoms in total. The molecule has 0 atom stereocenters. The SMILES string of the molecule is Cn1nc(C(=O)NCCc2ccco2)c(=O)c2ccccc21. The van der Waals surface area contributed by atoms with Crippen molar-refractivity contribution in [3.05, 3.63) is 64.3 Å². The molecule has 0 aliphatic carbocycles. The fraction of sp³-hybridized carbons (Fsp3) is 0.188. The highest BCUT2D eigenvalue weighted by atomic mass is 16.3. The smallest absolute Gasteiger partial charge is 0.275 e. The molecule has 0 unspecified atom stereocenters. The quantitative estimate of drug-likeness (QED) is 0.791. The Balaban J connectivity index is 1.82. The minimum atomic E-state index is -0.474. The number of benzene rings is 1. The van der Waals surface area contributed by atoms with Crippen LogP contribution >= 0.6 is 0 Å². The summed E-state index contributed by atoms with van der Waals surface area (Å²) in [5, 5.41) is 7.26. The van der Waals surface area contributed by atoms with Crippen molar-refractivity contribution in [2.24, 2.45) is 7.05 Å². The molecule has 1 amide bonds. The van der Waals surface area contributed by atoms with Crippen molar-refractivity contribution in [1.82, 2.24) is 15.1 Å². The summed E-state index contributed by atoms with van der Waals surface area (Å²) in [5.41, 5.74) is 0.240. The Bertz CT molecular complexity index is 866. The van der Waals surface area contributed by atoms with E-state index in [4.69, 9.17) is 4.42 Å². The number of nitrogens with one attached hydrogen (secondary N) is 1. The zero-order valence-corrected chi connectivity index (χ0v) is 12.1. The molecule has 2 aromatic heterocycles. The Morgan fingerprint density at radius 3 is 2.86 bits per heavy atom. The molecule has 1 N–H and O–H groups in total. The van der Waals surface area contributed by atoms with Gasteiger partial charge in [0.2, 0.25) is 5.43 Å². The molecule has 0 saturated carbocycles. The highest BCUT2D eigenvalue weighted by Crippen LogP contribution is 2.08. The number of carbonyl (C=O) groups excluding carboxylic acids is 1. The number of furan rings is 1. The number of rotatable bonds is 4. The van der Waals surface area contributed by atoms with Gasteiger partial charge in [-0.05, 0) is 24.3 Å². The molecule has 2 heterocycles. The number of fused-ring (bicyclic) bond motifs is 1. The largest absolute Gasteiger partial charge is 0.469 e. The minimum Gasteiger partial charge on any atom is -0.469 e. The van der Waals surface area contributed by atoms with Crippen molar-refractivity contribution < 1.29 is 9.21 Å². The molecule has 112 valence electrons. The second-order valence-corrected chi connectivity index (χ2v) is 4.90. The van der Waals surface area contributed by atoms with Crippen LogP contribution in [-0.4, -0.2) is 22.2 Å². The van der Waals surface area contributed by atoms with Gasteiger partial charge in [0.25, 0.3) is 5.91 Å². The van der Waals surface area contributed by atoms with Crippen LogP contribution < -0.4 is 10.7 Å². The predicted molar refractivity (Wildman–Crippen MR) is 81.7 cm³/mol. The molecule has 0 bridgehead atoms. The minimum absolute atomic E-state index is 0.0966. The van der Waals surface area contributed by atoms with Gasteiger partial charge in [0, 0.05) is 25.4 Å². The summed E-state index contributed by atoms with van der Waals surface area (Å²) in [7, 11) is 1.71. The molecule has 0 aliphatic heterocycles. The monoisotopic (exact) mass is 297 g/mol. The third-order valence-corrected chi connectivity index (χ3v) is 3.41. The van der Waals surface area contributed by atoms with Crippen molar-refractivity contribution in [1.29, 1.82) is 0 Å². The van der Waals surface area contributed by atoms with E-state index in [-0.39, 0.29) is 11.1 Å². The number of amides is 1. The summed E-state index contributed by atoms with van der Waals surface area (Å²) in [6, 6.07) is 10.7. The molecule has 0 fully saturated rings. The standard InChI is InChI=1S/C16H15N3O3/c1-19-13-7-3-2-6-12(13)15(20)14(18-19)16(21)17-9-8-11-5-4-10-22-11/h2-7,10H,8-9H2,1H3,(H,17,21). The average molecular weight is 297 g/mol. The summed E-state index contributed by atoms with van der Waals surface area (Å²) in [4.78, 5) is 24.5. The van der Waals surface area contributed by atoms with Gasteiger partial charge in [0.05, 0.1) is 11.8 Å². The number of nitrogens with zero attached hydrogens (tertiary/aromatic N) is 2. The van der Waals surface area contributed by atoms with E-state index >= 15 is 0 Å². The Kier molecular flexibility index (Phi) is 3.74. The molecule has 1 aromatic carbocycles. The third-order valence-electron chi connectivity index (χ3n) is 3.41. The highest BCUT2D eigenvalue weighted by molar-refractivity contribution is 5.95. The van der Waals surface area contributed by atoms with E-state index in [1.165, 1.54) is 4.68 Å². The van der Waals surface area contributed by atoms with Crippen molar-refractivity contribution in [2.75, 3.05) is 6.54 Å². The van der Waals surface area contributed by atoms with Gasteiger partial charge in [0.1, 0.15) is 5.76 Å². The maximum absolute atomic E-state index is 12.4. The van der Waals surface area contributed by atoms with Crippen LogP contribution in [0.25, 0.3) is 10.9 Å². The lowest BCUT2D eigenvalue weighted by Crippen LogP contribution is -2.32. The molecular weight excluding hydrogens is 282 g/mol. The van der Waals surface area contributed by atoms with Crippen LogP contribution in [0.2, 0.25) is 0 Å². The van der Waals surface area contributed by atoms with Gasteiger partial charge >= 0.3 is 0 Å². The van der Waals surface area contributed by atoms with E-state index in [0.717, 1.165) is 5.76 Å². The van der Waals surface area contributed by atoms with Gasteiger partial charge in [-0.25, -0.2) is 0 Å². The summed E-state index contributed by atoms with van der Waals surface area (Å²) >= 11 is 0. The van der Waals surface area contributed by atoms with E-state index in [1.807, 2.05) is 12.1 Å². The van der Waals surface area contributed by atoms with E-state index in [9.17, 15) is 9.59 Å². The molecular formula is C16H15N3O3. The first-order chi connectivity index (χ1) is 10.7. The van der Waals surface area contributed by atoms with Crippen LogP contribution in [0.1, 0.15) is 16.2 Å². The number of aryl methyl sites for hydroxylation is 1. The molecule has 6 heteroatoms. The third kappa shape index (κ3) is 2.63. The first-order valence-corrected chi connectivity index (χ1v) is 6.93. The number of hydrogen-bond acceptors (Lipinski definition) is 4. The van der Waals surface area contributed by atoms with Crippen LogP contribution in [0.3, 0.4) is 0 Å². The number of para-hydroxylation sites is 1. The summed E-state index contributed by atoms with van der Waals surface area (Å²) in [6.45, 7) is 0.379. The van der Waals surface area contributed by atoms with Gasteiger partial charge in [-0.2, -0.15) is 5.10 Å². The molecule has 0 spiro atoms. The van der Waals surface area contributed by atoms with Crippen LogP contribution in [0.5, 0.6) is 0 Å². The van der Waals surface area contributed by atoms with Crippen LogP contribution in [-0.2, 0) is 13.5 Å². The summed E-state index contributed by atoms with van der Waals surface area (Å²) in [6.07, 6.45) is 2.14. The van der Waals surface area contributed by atoms with Crippen LogP contribution in [0.4, 0.5) is 0 Å². The zero-order valence-electron chi connectivity index (χ0n) is 12.1. The average Bonchev–Trinajstić information content (AvgIpc) is 3.04. The summed E-state index contributed by atoms with van der Waals surface area (Å²) < 4.78 is 6.73. The molecule has 0 aliphatic rings. The first-order valence-electron chi connectivity index (χ1n) is 6.93. The first kappa shape index (κ1) is 14.1. The van der Waals surface area contributed by atoms with E-state index in [0.29, 0.717) is 23.9 Å². The zero-order chi connectivity index (χ0) is 15.5. The lowest BCUT2D eigenvalue weighted by molar-refractivity contribution is 0.0946. The van der Waals surface area contributed by atoms with Gasteiger partial charge in [-0.15, -0.1) is 0 Å². The normalized spacial score (nSPS) is 10.8. The van der Waals surface area contributed by atoms with Crippen molar-refractivity contribution >= 4 is 16.8 Å². The fourth-order valence-electron chi connectivity index (χ4n) is 2.31. The van der Waals surface area contributed by atoms with Gasteiger partial charge in [-0.3, -0.25) is 14.3 Å². The van der Waals surface area contributed by atoms with Crippen LogP contribution in [0, 0.1) is 0 Å². The number of aromatic nitrogens is 2. The fourth-order valence-corrected chi connectivity index (χ4v) is 2.31. The van der Waals surface area contributed by atoms with E-state index in [1.54, 1.807) is 37.6 Å². The Hall–Kier alpha value is -2.89. The molecule has 22 heavy (non-hydrogen) atoms. The van der Waals surface area contributed by atoms with Crippen LogP contribution in [0.15, 0.2) is 51.9 Å². The number of carbonyl (C=O) groups is 1. The Labute approximate surface area is 126 Å². The molecule has 0 radical (unpaired) electrons. The second-order valence-electron chi connectivity index (χ2n) is 4.90. The Morgan fingerprint density at radius 2 is 2.09 bits per heavy atom. The Morgan fingerprint density at radius 1 is 1.27 bits per heavy atom.